The quantitative estimate of drug-likeness (QED) is 0.487. The summed E-state index contributed by atoms with van der Waals surface area (Å²) in [6.45, 7) is 7.93. The molecule has 0 aliphatic carbocycles. The van der Waals surface area contributed by atoms with E-state index in [1.165, 1.54) is 0 Å². The van der Waals surface area contributed by atoms with Crippen molar-refractivity contribution in [1.82, 2.24) is 0 Å². The van der Waals surface area contributed by atoms with Crippen LogP contribution in [-0.4, -0.2) is 50.3 Å². The predicted molar refractivity (Wildman–Crippen MR) is 51.2 cm³/mol. The third kappa shape index (κ3) is 6.27. The van der Waals surface area contributed by atoms with Crippen molar-refractivity contribution in [3.63, 3.8) is 0 Å². The van der Waals surface area contributed by atoms with E-state index in [-0.39, 0.29) is 12.4 Å². The molecule has 0 aliphatic heterocycles. The molecule has 13 heavy (non-hydrogen) atoms. The molecule has 0 aromatic carbocycles. The first-order chi connectivity index (χ1) is 5.74. The van der Waals surface area contributed by atoms with Crippen LogP contribution < -0.4 is 12.4 Å². The normalized spacial score (nSPS) is 11.2. The average Bonchev–Trinajstić information content (AvgIpc) is 2.06. The zero-order valence-corrected chi connectivity index (χ0v) is 11.8. The van der Waals surface area contributed by atoms with Gasteiger partial charge in [-0.2, -0.15) is 0 Å². The fourth-order valence-corrected chi connectivity index (χ4v) is 4.30. The van der Waals surface area contributed by atoms with Gasteiger partial charge < -0.3 is 12.4 Å². The first-order valence-electron chi connectivity index (χ1n) is 4.45. The van der Waals surface area contributed by atoms with Gasteiger partial charge in [-0.05, 0) is 0 Å². The van der Waals surface area contributed by atoms with Gasteiger partial charge in [0, 0.05) is 0 Å². The van der Waals surface area contributed by atoms with Crippen LogP contribution in [0.2, 0.25) is 4.17 Å². The van der Waals surface area contributed by atoms with Crippen molar-refractivity contribution in [2.45, 2.75) is 24.9 Å². The van der Waals surface area contributed by atoms with Crippen LogP contribution in [0.5, 0.6) is 0 Å². The maximum Gasteiger partial charge on any atom is -1.00 e. The first-order valence-corrected chi connectivity index (χ1v) is 7.39. The Hall–Kier alpha value is 1.15. The smallest absolute Gasteiger partial charge is 1.00 e. The fourth-order valence-electron chi connectivity index (χ4n) is 1.00. The Labute approximate surface area is 101 Å². The minimum Gasteiger partial charge on any atom is -1.00 e. The molecule has 76 valence electrons. The van der Waals surface area contributed by atoms with Gasteiger partial charge in [0.15, 0.2) is 0 Å². The second-order valence-electron chi connectivity index (χ2n) is 2.23. The molecule has 0 atom stereocenters. The van der Waals surface area contributed by atoms with Crippen molar-refractivity contribution in [3.8, 4) is 0 Å². The van der Waals surface area contributed by atoms with E-state index in [9.17, 15) is 0 Å². The Kier molecular flexibility index (Phi) is 12.4. The zero-order chi connectivity index (χ0) is 9.45. The number of hydrogen-bond donors (Lipinski definition) is 0. The van der Waals surface area contributed by atoms with Gasteiger partial charge in [-0.15, -0.1) is 0 Å². The standard InChI is InChI=1S/C7H17O3Si.ClH.Mg/c1-5-8-11(4,9-6-2)10-7-3;;/h4-7H2,1-3H3;1H;/q;;+1/p-1. The Morgan fingerprint density at radius 1 is 0.923 bits per heavy atom. The topological polar surface area (TPSA) is 27.7 Å². The van der Waals surface area contributed by atoms with Crippen LogP contribution >= 0.6 is 0 Å². The van der Waals surface area contributed by atoms with E-state index in [2.05, 4.69) is 0 Å². The Balaban J connectivity index is 0. The number of rotatable bonds is 7. The fraction of sp³-hybridized carbons (Fsp3) is 1.00. The summed E-state index contributed by atoms with van der Waals surface area (Å²) in [5.41, 5.74) is 0. The summed E-state index contributed by atoms with van der Waals surface area (Å²) >= 11 is 1.85. The Bertz CT molecular complexity index is 101. The van der Waals surface area contributed by atoms with E-state index in [1.807, 2.05) is 42.5 Å². The second-order valence-corrected chi connectivity index (χ2v) is 6.46. The largest absolute Gasteiger partial charge is 1.00 e. The van der Waals surface area contributed by atoms with Crippen LogP contribution in [0.25, 0.3) is 0 Å². The predicted octanol–water partition coefficient (Wildman–Crippen LogP) is -1.84. The number of halogens is 1. The van der Waals surface area contributed by atoms with Crippen molar-refractivity contribution in [2.24, 2.45) is 0 Å². The van der Waals surface area contributed by atoms with Crippen molar-refractivity contribution >= 4 is 30.5 Å². The Morgan fingerprint density at radius 3 is 1.38 bits per heavy atom. The molecule has 0 aromatic rings. The van der Waals surface area contributed by atoms with Gasteiger partial charge in [-0.25, -0.2) is 0 Å². The van der Waals surface area contributed by atoms with Crippen LogP contribution in [0.3, 0.4) is 0 Å². The molecule has 0 saturated carbocycles. The molecular formula is C7H17ClMgO3Si. The molecule has 0 N–H and O–H groups in total. The summed E-state index contributed by atoms with van der Waals surface area (Å²) in [4.78, 5) is 0. The molecule has 3 nitrogen and oxygen atoms in total. The third-order valence-electron chi connectivity index (χ3n) is 1.40. The van der Waals surface area contributed by atoms with Crippen molar-refractivity contribution in [1.29, 1.82) is 0 Å². The van der Waals surface area contributed by atoms with Crippen molar-refractivity contribution < 1.29 is 25.7 Å². The first kappa shape index (κ1) is 16.6. The summed E-state index contributed by atoms with van der Waals surface area (Å²) < 4.78 is 17.6. The minimum atomic E-state index is -2.26. The van der Waals surface area contributed by atoms with Crippen molar-refractivity contribution in [2.75, 3.05) is 19.8 Å². The molecule has 0 fully saturated rings. The summed E-state index contributed by atoms with van der Waals surface area (Å²) in [7, 11) is -2.26. The molecule has 0 aromatic heterocycles. The van der Waals surface area contributed by atoms with Gasteiger partial charge in [0.2, 0.25) is 0 Å². The van der Waals surface area contributed by atoms with Crippen LogP contribution in [0.1, 0.15) is 20.8 Å². The monoisotopic (exact) mass is 236 g/mol. The third-order valence-corrected chi connectivity index (χ3v) is 6.03. The molecule has 0 saturated heterocycles. The van der Waals surface area contributed by atoms with Gasteiger partial charge in [0.25, 0.3) is 0 Å². The van der Waals surface area contributed by atoms with Crippen LogP contribution in [0.15, 0.2) is 0 Å². The molecule has 0 spiro atoms. The molecule has 0 rings (SSSR count). The summed E-state index contributed by atoms with van der Waals surface area (Å²) in [5.74, 6) is 0. The molecule has 0 amide bonds. The van der Waals surface area contributed by atoms with Crippen LogP contribution in [0, 0.1) is 0 Å². The van der Waals surface area contributed by atoms with E-state index in [0.717, 1.165) is 4.17 Å². The van der Waals surface area contributed by atoms with Gasteiger partial charge in [0.1, 0.15) is 0 Å². The Morgan fingerprint density at radius 2 is 1.23 bits per heavy atom. The number of hydrogen-bond acceptors (Lipinski definition) is 3. The summed E-state index contributed by atoms with van der Waals surface area (Å²) in [6, 6.07) is 0. The molecule has 0 aliphatic rings. The van der Waals surface area contributed by atoms with Gasteiger partial charge in [0.05, 0.1) is 0 Å². The average molecular weight is 237 g/mol. The molecule has 0 heterocycles. The van der Waals surface area contributed by atoms with E-state index in [4.69, 9.17) is 13.3 Å². The van der Waals surface area contributed by atoms with E-state index >= 15 is 0 Å². The molecular weight excluding hydrogens is 220 g/mol. The van der Waals surface area contributed by atoms with E-state index in [0.29, 0.717) is 19.8 Å². The SMILES string of the molecule is CCO[Si]([CH2][Mg+])(OCC)OCC.[Cl-]. The van der Waals surface area contributed by atoms with Crippen molar-refractivity contribution in [3.05, 3.63) is 0 Å². The molecule has 0 unspecified atom stereocenters. The molecule has 0 radical (unpaired) electrons. The zero-order valence-electron chi connectivity index (χ0n) is 8.64. The van der Waals surface area contributed by atoms with E-state index in [1.54, 1.807) is 0 Å². The maximum atomic E-state index is 5.56. The van der Waals surface area contributed by atoms with Gasteiger partial charge in [-0.3, -0.25) is 0 Å². The van der Waals surface area contributed by atoms with Gasteiger partial charge in [-0.1, -0.05) is 0 Å². The summed E-state index contributed by atoms with van der Waals surface area (Å²) in [5, 5.41) is 0. The maximum absolute atomic E-state index is 5.56. The summed E-state index contributed by atoms with van der Waals surface area (Å²) in [6.07, 6.45) is 0. The second kappa shape index (κ2) is 9.70. The minimum absolute atomic E-state index is 0. The van der Waals surface area contributed by atoms with Gasteiger partial charge >= 0.3 is 88.6 Å². The molecule has 6 heteroatoms. The van der Waals surface area contributed by atoms with Crippen LogP contribution in [-0.2, 0) is 13.3 Å². The van der Waals surface area contributed by atoms with Crippen LogP contribution in [0.4, 0.5) is 0 Å². The van der Waals surface area contributed by atoms with E-state index < -0.39 is 8.80 Å². The molecule has 0 bridgehead atoms.